The van der Waals surface area contributed by atoms with Gasteiger partial charge in [0.1, 0.15) is 11.5 Å². The molecule has 0 radical (unpaired) electrons. The lowest BCUT2D eigenvalue weighted by molar-refractivity contribution is -0.133. The number of hydrogen-bond acceptors (Lipinski definition) is 5. The predicted octanol–water partition coefficient (Wildman–Crippen LogP) is 5.02. The number of carbonyl (C=O) groups excluding carboxylic acids is 2. The van der Waals surface area contributed by atoms with Gasteiger partial charge in [-0.05, 0) is 54.7 Å². The van der Waals surface area contributed by atoms with Crippen LogP contribution in [0.15, 0.2) is 36.0 Å². The second kappa shape index (κ2) is 10.1. The van der Waals surface area contributed by atoms with Crippen LogP contribution in [-0.4, -0.2) is 44.6 Å². The van der Waals surface area contributed by atoms with Crippen LogP contribution >= 0.6 is 22.9 Å². The average Bonchev–Trinajstić information content (AvgIpc) is 3.62. The number of thiophene rings is 1. The maximum absolute atomic E-state index is 13.3. The van der Waals surface area contributed by atoms with Crippen molar-refractivity contribution in [3.63, 3.8) is 0 Å². The standard InChI is InChI=1S/C27H28ClN5O2S/c1-16(2)27(35)32-14-19-10-21(11-20(19)15-32)33-24(23(28)13-30-33)26(34)31-25-17(3)9-18(12-29-25)6-7-22-5-4-8-36-22/h4-5,8-9,12-13,16,19-21H,10-11,14-15H2,1-3H3,(H,29,31,34)/t19-,20+,21+. The second-order valence-corrected chi connectivity index (χ2v) is 11.3. The van der Waals surface area contributed by atoms with Gasteiger partial charge < -0.3 is 10.2 Å². The van der Waals surface area contributed by atoms with E-state index >= 15 is 0 Å². The number of hydrogen-bond donors (Lipinski definition) is 1. The van der Waals surface area contributed by atoms with E-state index in [1.54, 1.807) is 22.2 Å². The van der Waals surface area contributed by atoms with E-state index in [9.17, 15) is 9.59 Å². The Morgan fingerprint density at radius 2 is 1.94 bits per heavy atom. The molecule has 3 aromatic heterocycles. The van der Waals surface area contributed by atoms with Crippen molar-refractivity contribution >= 4 is 40.6 Å². The molecule has 2 fully saturated rings. The highest BCUT2D eigenvalue weighted by Gasteiger charge is 2.44. The summed E-state index contributed by atoms with van der Waals surface area (Å²) in [5, 5.41) is 9.67. The summed E-state index contributed by atoms with van der Waals surface area (Å²) in [4.78, 5) is 33.1. The van der Waals surface area contributed by atoms with Gasteiger partial charge in [0.25, 0.3) is 5.91 Å². The molecule has 0 unspecified atom stereocenters. The number of likely N-dealkylation sites (tertiary alicyclic amines) is 1. The topological polar surface area (TPSA) is 80.1 Å². The predicted molar refractivity (Wildman–Crippen MR) is 141 cm³/mol. The molecule has 36 heavy (non-hydrogen) atoms. The summed E-state index contributed by atoms with van der Waals surface area (Å²) >= 11 is 8.01. The Balaban J connectivity index is 1.28. The van der Waals surface area contributed by atoms with Crippen LogP contribution in [0.25, 0.3) is 0 Å². The molecule has 5 rings (SSSR count). The lowest BCUT2D eigenvalue weighted by Crippen LogP contribution is -2.33. The van der Waals surface area contributed by atoms with Crippen molar-refractivity contribution < 1.29 is 9.59 Å². The lowest BCUT2D eigenvalue weighted by atomic mass is 10.0. The highest BCUT2D eigenvalue weighted by molar-refractivity contribution is 7.10. The molecule has 1 saturated carbocycles. The van der Waals surface area contributed by atoms with Crippen LogP contribution in [0.5, 0.6) is 0 Å². The van der Waals surface area contributed by atoms with Gasteiger partial charge in [-0.15, -0.1) is 11.3 Å². The van der Waals surface area contributed by atoms with E-state index in [4.69, 9.17) is 11.6 Å². The molecular formula is C27H28ClN5O2S. The Morgan fingerprint density at radius 1 is 1.19 bits per heavy atom. The van der Waals surface area contributed by atoms with Crippen LogP contribution < -0.4 is 5.32 Å². The normalized spacial score (nSPS) is 20.8. The van der Waals surface area contributed by atoms with Crippen LogP contribution in [0.3, 0.4) is 0 Å². The first-order chi connectivity index (χ1) is 17.3. The van der Waals surface area contributed by atoms with Crippen molar-refractivity contribution in [1.29, 1.82) is 0 Å². The number of amides is 2. The van der Waals surface area contributed by atoms with Gasteiger partial charge in [-0.3, -0.25) is 14.3 Å². The SMILES string of the molecule is Cc1cc(C#Cc2cccs2)cnc1NC(=O)c1c(Cl)cnn1[C@H]1C[C@@H]2CN(C(=O)C(C)C)C[C@@H]2C1. The van der Waals surface area contributed by atoms with Gasteiger partial charge in [-0.25, -0.2) is 4.98 Å². The minimum Gasteiger partial charge on any atom is -0.342 e. The van der Waals surface area contributed by atoms with Gasteiger partial charge in [0.15, 0.2) is 0 Å². The molecule has 0 aromatic carbocycles. The quantitative estimate of drug-likeness (QED) is 0.489. The lowest BCUT2D eigenvalue weighted by Gasteiger charge is -2.22. The Kier molecular flexibility index (Phi) is 6.87. The first kappa shape index (κ1) is 24.5. The smallest absolute Gasteiger partial charge is 0.276 e. The van der Waals surface area contributed by atoms with Gasteiger partial charge in [0, 0.05) is 30.8 Å². The maximum Gasteiger partial charge on any atom is 0.276 e. The molecule has 1 aliphatic carbocycles. The summed E-state index contributed by atoms with van der Waals surface area (Å²) in [7, 11) is 0. The molecule has 1 N–H and O–H groups in total. The first-order valence-electron chi connectivity index (χ1n) is 12.2. The zero-order chi connectivity index (χ0) is 25.4. The molecule has 0 bridgehead atoms. The summed E-state index contributed by atoms with van der Waals surface area (Å²) in [6, 6.07) is 5.92. The van der Waals surface area contributed by atoms with Crippen molar-refractivity contribution in [2.75, 3.05) is 18.4 Å². The number of nitrogens with zero attached hydrogens (tertiary/aromatic N) is 4. The number of halogens is 1. The molecule has 2 amide bonds. The largest absolute Gasteiger partial charge is 0.342 e. The molecule has 0 spiro atoms. The fourth-order valence-corrected chi connectivity index (χ4v) is 6.05. The Morgan fingerprint density at radius 3 is 2.58 bits per heavy atom. The van der Waals surface area contributed by atoms with E-state index in [-0.39, 0.29) is 23.8 Å². The van der Waals surface area contributed by atoms with Crippen molar-refractivity contribution in [3.05, 3.63) is 62.7 Å². The average molecular weight is 522 g/mol. The van der Waals surface area contributed by atoms with Gasteiger partial charge in [-0.2, -0.15) is 5.10 Å². The molecule has 186 valence electrons. The molecule has 4 heterocycles. The van der Waals surface area contributed by atoms with Crippen LogP contribution in [0, 0.1) is 36.5 Å². The van der Waals surface area contributed by atoms with Gasteiger partial charge in [0.2, 0.25) is 5.91 Å². The van der Waals surface area contributed by atoms with Crippen LogP contribution in [0.1, 0.15) is 59.2 Å². The number of carbonyl (C=O) groups is 2. The Bertz CT molecular complexity index is 1340. The summed E-state index contributed by atoms with van der Waals surface area (Å²) in [5.41, 5.74) is 1.94. The third-order valence-corrected chi connectivity index (χ3v) is 8.07. The first-order valence-corrected chi connectivity index (χ1v) is 13.4. The third-order valence-electron chi connectivity index (χ3n) is 7.00. The second-order valence-electron chi connectivity index (χ2n) is 9.90. The summed E-state index contributed by atoms with van der Waals surface area (Å²) in [6.07, 6.45) is 4.94. The monoisotopic (exact) mass is 521 g/mol. The van der Waals surface area contributed by atoms with Crippen LogP contribution in [0.2, 0.25) is 5.02 Å². The van der Waals surface area contributed by atoms with E-state index < -0.39 is 0 Å². The van der Waals surface area contributed by atoms with Gasteiger partial charge in [-0.1, -0.05) is 43.4 Å². The zero-order valence-corrected chi connectivity index (χ0v) is 22.1. The molecule has 3 aromatic rings. The molecule has 9 heteroatoms. The minimum atomic E-state index is -0.334. The van der Waals surface area contributed by atoms with E-state index in [1.807, 2.05) is 49.3 Å². The summed E-state index contributed by atoms with van der Waals surface area (Å²) < 4.78 is 1.76. The van der Waals surface area contributed by atoms with E-state index in [0.717, 1.165) is 41.9 Å². The Labute approximate surface area is 219 Å². The van der Waals surface area contributed by atoms with Crippen molar-refractivity contribution in [2.24, 2.45) is 17.8 Å². The van der Waals surface area contributed by atoms with Crippen molar-refractivity contribution in [3.8, 4) is 11.8 Å². The molecule has 1 aliphatic heterocycles. The number of anilines is 1. The molecule has 3 atom stereocenters. The molecule has 1 saturated heterocycles. The van der Waals surface area contributed by atoms with E-state index in [1.165, 1.54) is 6.20 Å². The number of aryl methyl sites for hydroxylation is 1. The number of pyridine rings is 1. The highest BCUT2D eigenvalue weighted by Crippen LogP contribution is 2.44. The molecular weight excluding hydrogens is 494 g/mol. The highest BCUT2D eigenvalue weighted by atomic mass is 35.5. The van der Waals surface area contributed by atoms with E-state index in [2.05, 4.69) is 27.2 Å². The third kappa shape index (κ3) is 4.91. The minimum absolute atomic E-state index is 0.0130. The fourth-order valence-electron chi connectivity index (χ4n) is 5.27. The zero-order valence-electron chi connectivity index (χ0n) is 20.5. The number of nitrogens with one attached hydrogen (secondary N) is 1. The Hall–Kier alpha value is -3.15. The van der Waals surface area contributed by atoms with Gasteiger partial charge >= 0.3 is 0 Å². The number of rotatable bonds is 4. The van der Waals surface area contributed by atoms with Gasteiger partial charge in [0.05, 0.1) is 22.1 Å². The van der Waals surface area contributed by atoms with Crippen molar-refractivity contribution in [1.82, 2.24) is 19.7 Å². The molecule has 7 nitrogen and oxygen atoms in total. The van der Waals surface area contributed by atoms with Crippen LogP contribution in [0.4, 0.5) is 5.82 Å². The maximum atomic E-state index is 13.3. The summed E-state index contributed by atoms with van der Waals surface area (Å²) in [6.45, 7) is 7.33. The number of aromatic nitrogens is 3. The fraction of sp³-hybridized carbons (Fsp3) is 0.407. The van der Waals surface area contributed by atoms with E-state index in [0.29, 0.717) is 28.4 Å². The number of fused-ring (bicyclic) bond motifs is 1. The van der Waals surface area contributed by atoms with Crippen molar-refractivity contribution in [2.45, 2.75) is 39.7 Å². The molecule has 2 aliphatic rings. The van der Waals surface area contributed by atoms with Crippen LogP contribution in [-0.2, 0) is 4.79 Å². The summed E-state index contributed by atoms with van der Waals surface area (Å²) in [5.74, 6) is 7.44.